The van der Waals surface area contributed by atoms with E-state index in [1.807, 2.05) is 66.6 Å². The Balaban J connectivity index is 0.00000171. The van der Waals surface area contributed by atoms with E-state index in [1.54, 1.807) is 17.0 Å². The van der Waals surface area contributed by atoms with E-state index in [4.69, 9.17) is 47.3 Å². The molecule has 1 fully saturated rings. The van der Waals surface area contributed by atoms with E-state index in [0.29, 0.717) is 79.5 Å². The summed E-state index contributed by atoms with van der Waals surface area (Å²) in [4.78, 5) is 44.2. The number of amides is 3. The van der Waals surface area contributed by atoms with Gasteiger partial charge in [0.1, 0.15) is 25.0 Å². The van der Waals surface area contributed by atoms with Crippen LogP contribution >= 0.6 is 23.2 Å². The van der Waals surface area contributed by atoms with Crippen LogP contribution in [0.15, 0.2) is 91.1 Å². The van der Waals surface area contributed by atoms with Gasteiger partial charge in [0.15, 0.2) is 17.6 Å². The molecular weight excluding hydrogens is 791 g/mol. The number of likely N-dealkylation sites (tertiary alicyclic amines) is 1. The number of carboxylic acid groups (broad SMARTS) is 1. The molecular formula is C46H46Cl2N4O7. The Kier molecular flexibility index (Phi) is 13.2. The highest BCUT2D eigenvalue weighted by atomic mass is 35.5. The number of aromatic nitrogens is 1. The van der Waals surface area contributed by atoms with Crippen LogP contribution in [0.25, 0.3) is 11.1 Å². The normalized spacial score (nSPS) is 16.7. The van der Waals surface area contributed by atoms with Gasteiger partial charge in [0.2, 0.25) is 5.91 Å². The van der Waals surface area contributed by atoms with Crippen molar-refractivity contribution in [2.75, 3.05) is 26.2 Å². The number of benzene rings is 4. The molecule has 0 spiro atoms. The summed E-state index contributed by atoms with van der Waals surface area (Å²) in [5.41, 5.74) is 9.44. The van der Waals surface area contributed by atoms with Crippen LogP contribution in [0.2, 0.25) is 10.0 Å². The number of pyridine rings is 1. The number of urea groups is 1. The monoisotopic (exact) mass is 836 g/mol. The largest absolute Gasteiger partial charge is 0.489 e. The fourth-order valence-corrected chi connectivity index (χ4v) is 7.99. The number of nitrogens with zero attached hydrogens (tertiary/aromatic N) is 3. The van der Waals surface area contributed by atoms with Gasteiger partial charge >= 0.3 is 6.03 Å². The first-order chi connectivity index (χ1) is 28.6. The van der Waals surface area contributed by atoms with Crippen molar-refractivity contribution in [3.63, 3.8) is 0 Å². The van der Waals surface area contributed by atoms with Crippen molar-refractivity contribution in [3.8, 4) is 28.4 Å². The van der Waals surface area contributed by atoms with Crippen LogP contribution in [0.4, 0.5) is 4.79 Å². The molecule has 11 nitrogen and oxygen atoms in total. The number of hydrogen-bond donors (Lipinski definition) is 2. The summed E-state index contributed by atoms with van der Waals surface area (Å²) in [7, 11) is 0. The van der Waals surface area contributed by atoms with E-state index in [0.717, 1.165) is 51.9 Å². The van der Waals surface area contributed by atoms with E-state index in [1.165, 1.54) is 11.1 Å². The van der Waals surface area contributed by atoms with Crippen molar-refractivity contribution in [2.45, 2.75) is 64.8 Å². The zero-order chi connectivity index (χ0) is 41.5. The van der Waals surface area contributed by atoms with Gasteiger partial charge in [-0.3, -0.25) is 14.6 Å². The molecule has 3 amide bonds. The topological polar surface area (TPSA) is 131 Å². The third-order valence-corrected chi connectivity index (χ3v) is 11.8. The van der Waals surface area contributed by atoms with Crippen molar-refractivity contribution in [2.24, 2.45) is 0 Å². The van der Waals surface area contributed by atoms with Gasteiger partial charge < -0.3 is 34.4 Å². The zero-order valence-electron chi connectivity index (χ0n) is 33.0. The van der Waals surface area contributed by atoms with E-state index in [2.05, 4.69) is 41.5 Å². The third kappa shape index (κ3) is 9.75. The lowest BCUT2D eigenvalue weighted by atomic mass is 9.92. The average molecular weight is 838 g/mol. The maximum absolute atomic E-state index is 13.9. The van der Waals surface area contributed by atoms with Crippen molar-refractivity contribution in [1.82, 2.24) is 20.1 Å². The molecule has 3 aliphatic rings. The Morgan fingerprint density at radius 1 is 0.915 bits per heavy atom. The van der Waals surface area contributed by atoms with Gasteiger partial charge in [0.25, 0.3) is 6.47 Å². The third-order valence-electron chi connectivity index (χ3n) is 11.1. The first kappa shape index (κ1) is 41.4. The van der Waals surface area contributed by atoms with E-state index >= 15 is 0 Å². The van der Waals surface area contributed by atoms with Crippen molar-refractivity contribution < 1.29 is 33.7 Å². The molecule has 0 radical (unpaired) electrons. The molecule has 0 saturated carbocycles. The van der Waals surface area contributed by atoms with Gasteiger partial charge in [0.05, 0.1) is 10.0 Å². The van der Waals surface area contributed by atoms with Gasteiger partial charge in [-0.15, -0.1) is 0 Å². The highest BCUT2D eigenvalue weighted by molar-refractivity contribution is 6.42. The Bertz CT molecular complexity index is 2300. The van der Waals surface area contributed by atoms with Crippen molar-refractivity contribution in [3.05, 3.63) is 140 Å². The number of rotatable bonds is 9. The summed E-state index contributed by atoms with van der Waals surface area (Å²) in [6, 6.07) is 26.9. The number of carbonyl (C=O) groups is 3. The molecule has 8 rings (SSSR count). The number of ether oxygens (including phenoxy) is 3. The van der Waals surface area contributed by atoms with E-state index in [9.17, 15) is 9.59 Å². The first-order valence-electron chi connectivity index (χ1n) is 19.7. The Labute approximate surface area is 353 Å². The summed E-state index contributed by atoms with van der Waals surface area (Å²) >= 11 is 12.2. The summed E-state index contributed by atoms with van der Waals surface area (Å²) in [5.74, 6) is 1.83. The molecule has 4 heterocycles. The number of hydrogen-bond acceptors (Lipinski definition) is 7. The Morgan fingerprint density at radius 3 is 2.36 bits per heavy atom. The Morgan fingerprint density at radius 2 is 1.63 bits per heavy atom. The predicted molar refractivity (Wildman–Crippen MR) is 226 cm³/mol. The fourth-order valence-electron chi connectivity index (χ4n) is 7.67. The lowest BCUT2D eigenvalue weighted by molar-refractivity contribution is -0.126. The molecule has 5 aromatic rings. The van der Waals surface area contributed by atoms with E-state index < -0.39 is 6.04 Å². The van der Waals surface area contributed by atoms with Crippen LogP contribution in [0, 0.1) is 13.8 Å². The molecule has 2 N–H and O–H groups in total. The van der Waals surface area contributed by atoms with Gasteiger partial charge in [-0.1, -0.05) is 65.7 Å². The lowest BCUT2D eigenvalue weighted by Crippen LogP contribution is -2.55. The van der Waals surface area contributed by atoms with Gasteiger partial charge in [0, 0.05) is 44.5 Å². The standard InChI is InChI=1S/C45H44Cl2N4O5.CH2O2/c1-28-29(2)48-18-16-37(28)32-8-5-30(6-9-32)15-17-49-44(52)40-22-34-23-41-42(24-35(34)25-51(40)45(53)50-19-3-4-20-50)56-43(27-55-41)33-10-12-36(13-11-33)54-26-31-7-14-38(46)39(47)21-31;2-1-3/h5-14,16,18,21,23-24,40,43H,3-4,15,17,19-20,22,25-27H2,1-2H3,(H,49,52);1H,(H,2,3). The molecule has 306 valence electrons. The van der Waals surface area contributed by atoms with Crippen LogP contribution < -0.4 is 19.5 Å². The first-order valence-corrected chi connectivity index (χ1v) is 20.4. The molecule has 3 aliphatic heterocycles. The van der Waals surface area contributed by atoms with Crippen LogP contribution in [-0.4, -0.2) is 70.6 Å². The summed E-state index contributed by atoms with van der Waals surface area (Å²) in [6.07, 6.45) is 4.53. The predicted octanol–water partition coefficient (Wildman–Crippen LogP) is 8.77. The number of nitrogens with one attached hydrogen (secondary N) is 1. The summed E-state index contributed by atoms with van der Waals surface area (Å²) in [5, 5.41) is 11.0. The molecule has 1 saturated heterocycles. The number of carbonyl (C=O) groups excluding carboxylic acids is 2. The minimum atomic E-state index is -0.636. The second-order valence-electron chi connectivity index (χ2n) is 14.8. The maximum atomic E-state index is 13.9. The molecule has 59 heavy (non-hydrogen) atoms. The minimum Gasteiger partial charge on any atom is -0.489 e. The van der Waals surface area contributed by atoms with Crippen LogP contribution in [-0.2, 0) is 35.6 Å². The Hall–Kier alpha value is -5.78. The smallest absolute Gasteiger partial charge is 0.321 e. The van der Waals surface area contributed by atoms with Crippen LogP contribution in [0.3, 0.4) is 0 Å². The minimum absolute atomic E-state index is 0.0974. The van der Waals surface area contributed by atoms with E-state index in [-0.39, 0.29) is 24.5 Å². The highest BCUT2D eigenvalue weighted by Crippen LogP contribution is 2.41. The molecule has 4 aromatic carbocycles. The summed E-state index contributed by atoms with van der Waals surface area (Å²) < 4.78 is 18.7. The second-order valence-corrected chi connectivity index (χ2v) is 15.6. The molecule has 0 bridgehead atoms. The molecule has 2 unspecified atom stereocenters. The molecule has 0 aliphatic carbocycles. The lowest BCUT2D eigenvalue weighted by Gasteiger charge is -2.39. The fraction of sp³-hybridized carbons (Fsp3) is 0.304. The highest BCUT2D eigenvalue weighted by Gasteiger charge is 2.38. The zero-order valence-corrected chi connectivity index (χ0v) is 34.5. The van der Waals surface area contributed by atoms with Gasteiger partial charge in [-0.2, -0.15) is 0 Å². The molecule has 2 atom stereocenters. The summed E-state index contributed by atoms with van der Waals surface area (Å²) in [6.45, 7) is 6.74. The average Bonchev–Trinajstić information content (AvgIpc) is 3.80. The van der Waals surface area contributed by atoms with Crippen molar-refractivity contribution >= 4 is 41.6 Å². The van der Waals surface area contributed by atoms with Crippen molar-refractivity contribution in [1.29, 1.82) is 0 Å². The molecule has 1 aromatic heterocycles. The SMILES string of the molecule is Cc1nccc(-c2ccc(CCNC(=O)C3Cc4cc5c(cc4CN3C(=O)N3CCCC3)OC(c3ccc(OCc4ccc(Cl)c(Cl)c4)cc3)CO5)cc2)c1C.O=CO. The number of halogens is 2. The quantitative estimate of drug-likeness (QED) is 0.141. The van der Waals surface area contributed by atoms with Crippen LogP contribution in [0.1, 0.15) is 58.0 Å². The van der Waals surface area contributed by atoms with Gasteiger partial charge in [-0.05, 0) is 120 Å². The number of fused-ring (bicyclic) bond motifs is 2. The second kappa shape index (κ2) is 18.9. The maximum Gasteiger partial charge on any atom is 0.321 e. The number of aryl methyl sites for hydroxylation is 1. The molecule has 13 heteroatoms. The van der Waals surface area contributed by atoms with Gasteiger partial charge in [-0.25, -0.2) is 4.79 Å². The van der Waals surface area contributed by atoms with Crippen LogP contribution in [0.5, 0.6) is 17.2 Å².